The summed E-state index contributed by atoms with van der Waals surface area (Å²) in [6.45, 7) is 2.75. The maximum Gasteiger partial charge on any atom is 0.203 e. The molecule has 0 spiro atoms. The highest BCUT2D eigenvalue weighted by Gasteiger charge is 2.16. The lowest BCUT2D eigenvalue weighted by Crippen LogP contribution is -2.18. The van der Waals surface area contributed by atoms with Crippen molar-refractivity contribution in [1.29, 1.82) is 0 Å². The van der Waals surface area contributed by atoms with Gasteiger partial charge in [0.15, 0.2) is 11.5 Å². The minimum Gasteiger partial charge on any atom is -0.493 e. The smallest absolute Gasteiger partial charge is 0.203 e. The third kappa shape index (κ3) is 3.46. The molecule has 1 aromatic carbocycles. The van der Waals surface area contributed by atoms with Gasteiger partial charge in [0.1, 0.15) is 5.01 Å². The van der Waals surface area contributed by atoms with Gasteiger partial charge in [0.05, 0.1) is 27.4 Å². The van der Waals surface area contributed by atoms with E-state index in [1.807, 2.05) is 23.7 Å². The molecule has 1 N–H and O–H groups in total. The van der Waals surface area contributed by atoms with Crippen molar-refractivity contribution in [3.63, 3.8) is 0 Å². The standard InChI is InChI=1S/C15H20N2O3S/c1-10(15-16-7-8-21-15)17-9-11-5-6-12(18-2)14(20-4)13(11)19-3/h5-8,10,17H,9H2,1-4H3. The zero-order chi connectivity index (χ0) is 15.2. The second kappa shape index (κ2) is 7.28. The molecular weight excluding hydrogens is 288 g/mol. The highest BCUT2D eigenvalue weighted by molar-refractivity contribution is 7.09. The second-order valence-corrected chi connectivity index (χ2v) is 5.39. The van der Waals surface area contributed by atoms with Crippen molar-refractivity contribution in [2.24, 2.45) is 0 Å². The Morgan fingerprint density at radius 3 is 2.48 bits per heavy atom. The quantitative estimate of drug-likeness (QED) is 0.852. The molecule has 0 aliphatic carbocycles. The van der Waals surface area contributed by atoms with Gasteiger partial charge in [0, 0.05) is 23.7 Å². The number of hydrogen-bond donors (Lipinski definition) is 1. The first-order valence-electron chi connectivity index (χ1n) is 6.61. The van der Waals surface area contributed by atoms with Crippen LogP contribution < -0.4 is 19.5 Å². The van der Waals surface area contributed by atoms with Gasteiger partial charge in [0.25, 0.3) is 0 Å². The Morgan fingerprint density at radius 1 is 1.14 bits per heavy atom. The van der Waals surface area contributed by atoms with Crippen molar-refractivity contribution in [2.45, 2.75) is 19.5 Å². The first-order chi connectivity index (χ1) is 10.2. The predicted molar refractivity (Wildman–Crippen MR) is 83.5 cm³/mol. The number of thiazole rings is 1. The fourth-order valence-electron chi connectivity index (χ4n) is 2.10. The molecule has 1 atom stereocenters. The third-order valence-corrected chi connectivity index (χ3v) is 4.16. The average Bonchev–Trinajstić information content (AvgIpc) is 3.05. The minimum atomic E-state index is 0.183. The van der Waals surface area contributed by atoms with Gasteiger partial charge >= 0.3 is 0 Å². The number of benzene rings is 1. The predicted octanol–water partition coefficient (Wildman–Crippen LogP) is 3.02. The number of ether oxygens (including phenoxy) is 3. The summed E-state index contributed by atoms with van der Waals surface area (Å²) in [4.78, 5) is 4.31. The molecule has 0 aliphatic heterocycles. The highest BCUT2D eigenvalue weighted by Crippen LogP contribution is 2.39. The summed E-state index contributed by atoms with van der Waals surface area (Å²) in [5.41, 5.74) is 1.01. The first kappa shape index (κ1) is 15.6. The van der Waals surface area contributed by atoms with E-state index in [2.05, 4.69) is 17.2 Å². The van der Waals surface area contributed by atoms with E-state index < -0.39 is 0 Å². The van der Waals surface area contributed by atoms with Crippen LogP contribution in [0.2, 0.25) is 0 Å². The van der Waals surface area contributed by atoms with Crippen LogP contribution in [0.25, 0.3) is 0 Å². The summed E-state index contributed by atoms with van der Waals surface area (Å²) in [6.07, 6.45) is 1.81. The van der Waals surface area contributed by atoms with Crippen LogP contribution >= 0.6 is 11.3 Å². The Balaban J connectivity index is 2.16. The molecule has 0 fully saturated rings. The largest absolute Gasteiger partial charge is 0.493 e. The highest BCUT2D eigenvalue weighted by atomic mass is 32.1. The van der Waals surface area contributed by atoms with Crippen molar-refractivity contribution in [1.82, 2.24) is 10.3 Å². The lowest BCUT2D eigenvalue weighted by atomic mass is 10.1. The molecule has 0 amide bonds. The molecule has 0 bridgehead atoms. The fourth-order valence-corrected chi connectivity index (χ4v) is 2.77. The molecule has 0 aliphatic rings. The fraction of sp³-hybridized carbons (Fsp3) is 0.400. The second-order valence-electron chi connectivity index (χ2n) is 4.47. The molecule has 1 aromatic heterocycles. The van der Waals surface area contributed by atoms with Crippen LogP contribution in [0, 0.1) is 0 Å². The molecular formula is C15H20N2O3S. The van der Waals surface area contributed by atoms with E-state index in [0.717, 1.165) is 10.6 Å². The van der Waals surface area contributed by atoms with Crippen LogP contribution in [0.1, 0.15) is 23.5 Å². The van der Waals surface area contributed by atoms with Gasteiger partial charge in [-0.1, -0.05) is 6.07 Å². The summed E-state index contributed by atoms with van der Waals surface area (Å²) in [5, 5.41) is 6.48. The molecule has 1 unspecified atom stereocenters. The Kier molecular flexibility index (Phi) is 5.41. The number of hydrogen-bond acceptors (Lipinski definition) is 6. The molecule has 0 saturated heterocycles. The van der Waals surface area contributed by atoms with E-state index in [9.17, 15) is 0 Å². The van der Waals surface area contributed by atoms with Gasteiger partial charge in [0.2, 0.25) is 5.75 Å². The summed E-state index contributed by atoms with van der Waals surface area (Å²) in [7, 11) is 4.85. The Morgan fingerprint density at radius 2 is 1.90 bits per heavy atom. The zero-order valence-electron chi connectivity index (χ0n) is 12.7. The Hall–Kier alpha value is -1.79. The molecule has 114 valence electrons. The van der Waals surface area contributed by atoms with Gasteiger partial charge in [-0.2, -0.15) is 0 Å². The Bertz CT molecular complexity index is 573. The lowest BCUT2D eigenvalue weighted by molar-refractivity contribution is 0.321. The lowest BCUT2D eigenvalue weighted by Gasteiger charge is -2.17. The van der Waals surface area contributed by atoms with E-state index in [1.165, 1.54) is 0 Å². The van der Waals surface area contributed by atoms with Gasteiger partial charge in [-0.25, -0.2) is 4.98 Å². The van der Waals surface area contributed by atoms with E-state index in [4.69, 9.17) is 14.2 Å². The zero-order valence-corrected chi connectivity index (χ0v) is 13.5. The van der Waals surface area contributed by atoms with Crippen LogP contribution in [0.4, 0.5) is 0 Å². The normalized spacial score (nSPS) is 12.0. The summed E-state index contributed by atoms with van der Waals surface area (Å²) in [6, 6.07) is 4.04. The van der Waals surface area contributed by atoms with Crippen molar-refractivity contribution in [3.8, 4) is 17.2 Å². The topological polar surface area (TPSA) is 52.6 Å². The van der Waals surface area contributed by atoms with Crippen LogP contribution in [-0.4, -0.2) is 26.3 Å². The van der Waals surface area contributed by atoms with Crippen molar-refractivity contribution < 1.29 is 14.2 Å². The Labute approximate surface area is 128 Å². The molecule has 1 heterocycles. The van der Waals surface area contributed by atoms with E-state index in [0.29, 0.717) is 23.8 Å². The van der Waals surface area contributed by atoms with E-state index >= 15 is 0 Å². The molecule has 6 heteroatoms. The van der Waals surface area contributed by atoms with Crippen LogP contribution in [0.5, 0.6) is 17.2 Å². The van der Waals surface area contributed by atoms with E-state index in [-0.39, 0.29) is 6.04 Å². The maximum absolute atomic E-state index is 5.47. The van der Waals surface area contributed by atoms with Crippen LogP contribution in [-0.2, 0) is 6.54 Å². The maximum atomic E-state index is 5.47. The summed E-state index contributed by atoms with van der Waals surface area (Å²) >= 11 is 1.64. The molecule has 2 rings (SSSR count). The summed E-state index contributed by atoms with van der Waals surface area (Å²) < 4.78 is 16.1. The molecule has 21 heavy (non-hydrogen) atoms. The SMILES string of the molecule is COc1ccc(CNC(C)c2nccs2)c(OC)c1OC. The molecule has 0 saturated carbocycles. The van der Waals surface area contributed by atoms with Crippen molar-refractivity contribution >= 4 is 11.3 Å². The first-order valence-corrected chi connectivity index (χ1v) is 7.49. The molecule has 5 nitrogen and oxygen atoms in total. The van der Waals surface area contributed by atoms with Crippen LogP contribution in [0.15, 0.2) is 23.7 Å². The third-order valence-electron chi connectivity index (χ3n) is 3.21. The van der Waals surface area contributed by atoms with Gasteiger partial charge < -0.3 is 19.5 Å². The van der Waals surface area contributed by atoms with Crippen molar-refractivity contribution in [3.05, 3.63) is 34.3 Å². The summed E-state index contributed by atoms with van der Waals surface area (Å²) in [5.74, 6) is 1.96. The van der Waals surface area contributed by atoms with Crippen LogP contribution in [0.3, 0.4) is 0 Å². The molecule has 2 aromatic rings. The monoisotopic (exact) mass is 308 g/mol. The van der Waals surface area contributed by atoms with Gasteiger partial charge in [-0.15, -0.1) is 11.3 Å². The van der Waals surface area contributed by atoms with Gasteiger partial charge in [-0.05, 0) is 13.0 Å². The number of methoxy groups -OCH3 is 3. The average molecular weight is 308 g/mol. The number of rotatable bonds is 7. The van der Waals surface area contributed by atoms with Gasteiger partial charge in [-0.3, -0.25) is 0 Å². The number of aromatic nitrogens is 1. The minimum absolute atomic E-state index is 0.183. The van der Waals surface area contributed by atoms with Crippen molar-refractivity contribution in [2.75, 3.05) is 21.3 Å². The molecule has 0 radical (unpaired) electrons. The van der Waals surface area contributed by atoms with E-state index in [1.54, 1.807) is 32.7 Å². The number of nitrogens with zero attached hydrogens (tertiary/aromatic N) is 1. The number of nitrogens with one attached hydrogen (secondary N) is 1.